The predicted molar refractivity (Wildman–Crippen MR) is 66.6 cm³/mol. The Morgan fingerprint density at radius 1 is 1.53 bits per heavy atom. The number of hydrogen-bond acceptors (Lipinski definition) is 4. The monoisotopic (exact) mass is 255 g/mol. The van der Waals surface area contributed by atoms with Crippen molar-refractivity contribution in [2.24, 2.45) is 0 Å². The molecule has 0 bridgehead atoms. The Balaban J connectivity index is 2.42. The SMILES string of the molecule is CC1(C)CCCN1c1cc([N+](=O)[O-])cc(Cl)n1. The first-order chi connectivity index (χ1) is 7.90. The first-order valence-electron chi connectivity index (χ1n) is 5.50. The first kappa shape index (κ1) is 12.1. The Bertz CT molecular complexity index is 462. The fourth-order valence-corrected chi connectivity index (χ4v) is 2.44. The van der Waals surface area contributed by atoms with Crippen LogP contribution < -0.4 is 4.90 Å². The minimum absolute atomic E-state index is 0.0114. The topological polar surface area (TPSA) is 59.3 Å². The molecule has 1 aliphatic rings. The van der Waals surface area contributed by atoms with Crippen LogP contribution in [0.25, 0.3) is 0 Å². The zero-order valence-electron chi connectivity index (χ0n) is 9.81. The van der Waals surface area contributed by atoms with Crippen molar-refractivity contribution in [1.82, 2.24) is 4.98 Å². The molecular weight excluding hydrogens is 242 g/mol. The highest BCUT2D eigenvalue weighted by Gasteiger charge is 2.33. The summed E-state index contributed by atoms with van der Waals surface area (Å²) in [4.78, 5) is 16.6. The molecule has 0 N–H and O–H groups in total. The van der Waals surface area contributed by atoms with Crippen LogP contribution >= 0.6 is 11.6 Å². The maximum atomic E-state index is 10.8. The van der Waals surface area contributed by atoms with E-state index in [1.807, 2.05) is 0 Å². The van der Waals surface area contributed by atoms with Gasteiger partial charge in [0.2, 0.25) is 0 Å². The molecule has 1 saturated heterocycles. The summed E-state index contributed by atoms with van der Waals surface area (Å²) in [7, 11) is 0. The number of halogens is 1. The first-order valence-corrected chi connectivity index (χ1v) is 5.87. The number of aromatic nitrogens is 1. The molecule has 2 rings (SSSR count). The minimum Gasteiger partial charge on any atom is -0.351 e. The number of pyridine rings is 1. The standard InChI is InChI=1S/C11H14ClN3O2/c1-11(2)4-3-5-14(11)10-7-8(15(16)17)6-9(12)13-10/h6-7H,3-5H2,1-2H3. The average Bonchev–Trinajstić information content (AvgIpc) is 2.57. The molecule has 1 aromatic rings. The molecular formula is C11H14ClN3O2. The highest BCUT2D eigenvalue weighted by Crippen LogP contribution is 2.34. The molecule has 6 heteroatoms. The summed E-state index contributed by atoms with van der Waals surface area (Å²) in [6.07, 6.45) is 2.12. The van der Waals surface area contributed by atoms with Gasteiger partial charge in [0.05, 0.1) is 17.1 Å². The van der Waals surface area contributed by atoms with Gasteiger partial charge >= 0.3 is 0 Å². The van der Waals surface area contributed by atoms with Gasteiger partial charge in [-0.15, -0.1) is 0 Å². The highest BCUT2D eigenvalue weighted by molar-refractivity contribution is 6.29. The molecule has 17 heavy (non-hydrogen) atoms. The molecule has 0 spiro atoms. The molecule has 0 amide bonds. The third-order valence-electron chi connectivity index (χ3n) is 3.15. The van der Waals surface area contributed by atoms with Gasteiger partial charge in [-0.05, 0) is 26.7 Å². The van der Waals surface area contributed by atoms with E-state index in [9.17, 15) is 10.1 Å². The van der Waals surface area contributed by atoms with Crippen molar-refractivity contribution in [3.63, 3.8) is 0 Å². The summed E-state index contributed by atoms with van der Waals surface area (Å²) in [6.45, 7) is 5.07. The van der Waals surface area contributed by atoms with Crippen LogP contribution in [0, 0.1) is 10.1 Å². The molecule has 2 heterocycles. The molecule has 92 valence electrons. The van der Waals surface area contributed by atoms with Gasteiger partial charge in [-0.1, -0.05) is 11.6 Å². The van der Waals surface area contributed by atoms with Gasteiger partial charge in [-0.3, -0.25) is 10.1 Å². The number of anilines is 1. The quantitative estimate of drug-likeness (QED) is 0.463. The maximum Gasteiger partial charge on any atom is 0.276 e. The number of hydrogen-bond donors (Lipinski definition) is 0. The fourth-order valence-electron chi connectivity index (χ4n) is 2.25. The lowest BCUT2D eigenvalue weighted by atomic mass is 10.0. The van der Waals surface area contributed by atoms with E-state index in [0.717, 1.165) is 19.4 Å². The number of rotatable bonds is 2. The van der Waals surface area contributed by atoms with Crippen molar-refractivity contribution in [2.75, 3.05) is 11.4 Å². The fraction of sp³-hybridized carbons (Fsp3) is 0.545. The van der Waals surface area contributed by atoms with E-state index in [2.05, 4.69) is 23.7 Å². The largest absolute Gasteiger partial charge is 0.351 e. The van der Waals surface area contributed by atoms with Gasteiger partial charge in [0.15, 0.2) is 0 Å². The summed E-state index contributed by atoms with van der Waals surface area (Å²) >= 11 is 5.82. The Hall–Kier alpha value is -1.36. The number of nitrogens with zero attached hydrogens (tertiary/aromatic N) is 3. The van der Waals surface area contributed by atoms with Gasteiger partial charge in [-0.2, -0.15) is 0 Å². The molecule has 0 atom stereocenters. The second-order valence-corrected chi connectivity index (χ2v) is 5.22. The van der Waals surface area contributed by atoms with E-state index in [1.165, 1.54) is 12.1 Å². The predicted octanol–water partition coefficient (Wildman–Crippen LogP) is 3.02. The number of nitro groups is 1. The molecule has 0 aromatic carbocycles. The van der Waals surface area contributed by atoms with E-state index >= 15 is 0 Å². The second kappa shape index (κ2) is 4.14. The third-order valence-corrected chi connectivity index (χ3v) is 3.35. The molecule has 1 fully saturated rings. The van der Waals surface area contributed by atoms with Crippen molar-refractivity contribution >= 4 is 23.1 Å². The molecule has 1 aliphatic heterocycles. The van der Waals surface area contributed by atoms with Gasteiger partial charge in [0.1, 0.15) is 11.0 Å². The Morgan fingerprint density at radius 2 is 2.24 bits per heavy atom. The van der Waals surface area contributed by atoms with Gasteiger partial charge in [-0.25, -0.2) is 4.98 Å². The van der Waals surface area contributed by atoms with E-state index in [-0.39, 0.29) is 16.4 Å². The van der Waals surface area contributed by atoms with E-state index in [0.29, 0.717) is 5.82 Å². The molecule has 0 aliphatic carbocycles. The van der Waals surface area contributed by atoms with Gasteiger partial charge in [0, 0.05) is 12.1 Å². The average molecular weight is 256 g/mol. The van der Waals surface area contributed by atoms with Crippen molar-refractivity contribution in [1.29, 1.82) is 0 Å². The Morgan fingerprint density at radius 3 is 2.76 bits per heavy atom. The van der Waals surface area contributed by atoms with Gasteiger partial charge < -0.3 is 4.90 Å². The van der Waals surface area contributed by atoms with Crippen LogP contribution in [-0.2, 0) is 0 Å². The minimum atomic E-state index is -0.444. The highest BCUT2D eigenvalue weighted by atomic mass is 35.5. The third kappa shape index (κ3) is 2.34. The molecule has 0 radical (unpaired) electrons. The van der Waals surface area contributed by atoms with Crippen molar-refractivity contribution in [3.8, 4) is 0 Å². The zero-order chi connectivity index (χ0) is 12.6. The van der Waals surface area contributed by atoms with Crippen molar-refractivity contribution in [2.45, 2.75) is 32.2 Å². The van der Waals surface area contributed by atoms with Crippen LogP contribution in [0.5, 0.6) is 0 Å². The molecule has 0 unspecified atom stereocenters. The van der Waals surface area contributed by atoms with Crippen LogP contribution in [0.2, 0.25) is 5.15 Å². The van der Waals surface area contributed by atoms with E-state index in [4.69, 9.17) is 11.6 Å². The lowest BCUT2D eigenvalue weighted by molar-refractivity contribution is -0.384. The van der Waals surface area contributed by atoms with Gasteiger partial charge in [0.25, 0.3) is 5.69 Å². The van der Waals surface area contributed by atoms with Crippen LogP contribution in [0.1, 0.15) is 26.7 Å². The van der Waals surface area contributed by atoms with Crippen LogP contribution in [0.3, 0.4) is 0 Å². The van der Waals surface area contributed by atoms with Crippen LogP contribution in [0.4, 0.5) is 11.5 Å². The van der Waals surface area contributed by atoms with Crippen LogP contribution in [0.15, 0.2) is 12.1 Å². The second-order valence-electron chi connectivity index (χ2n) is 4.83. The summed E-state index contributed by atoms with van der Waals surface area (Å²) in [5, 5.41) is 10.9. The Labute approximate surface area is 105 Å². The normalized spacial score (nSPS) is 18.4. The molecule has 1 aromatic heterocycles. The molecule has 0 saturated carbocycles. The van der Waals surface area contributed by atoms with E-state index in [1.54, 1.807) is 0 Å². The summed E-state index contributed by atoms with van der Waals surface area (Å²) in [5.74, 6) is 0.590. The zero-order valence-corrected chi connectivity index (χ0v) is 10.6. The lowest BCUT2D eigenvalue weighted by Gasteiger charge is -2.32. The maximum absolute atomic E-state index is 10.8. The lowest BCUT2D eigenvalue weighted by Crippen LogP contribution is -2.38. The smallest absolute Gasteiger partial charge is 0.276 e. The molecule has 5 nitrogen and oxygen atoms in total. The van der Waals surface area contributed by atoms with Crippen molar-refractivity contribution < 1.29 is 4.92 Å². The summed E-state index contributed by atoms with van der Waals surface area (Å²) < 4.78 is 0. The van der Waals surface area contributed by atoms with Crippen LogP contribution in [-0.4, -0.2) is 22.0 Å². The van der Waals surface area contributed by atoms with Crippen molar-refractivity contribution in [3.05, 3.63) is 27.4 Å². The Kier molecular flexibility index (Phi) is 2.95. The van der Waals surface area contributed by atoms with E-state index < -0.39 is 4.92 Å². The summed E-state index contributed by atoms with van der Waals surface area (Å²) in [5.41, 5.74) is -0.0337. The summed E-state index contributed by atoms with van der Waals surface area (Å²) in [6, 6.07) is 2.76.